The highest BCUT2D eigenvalue weighted by Crippen LogP contribution is 2.24. The van der Waals surface area contributed by atoms with Gasteiger partial charge >= 0.3 is 0 Å². The molecule has 0 radical (unpaired) electrons. The fraction of sp³-hybridized carbons (Fsp3) is 0.571. The van der Waals surface area contributed by atoms with Crippen molar-refractivity contribution >= 4 is 11.3 Å². The maximum absolute atomic E-state index is 9.44. The molecule has 0 aliphatic carbocycles. The lowest BCUT2D eigenvalue weighted by Crippen LogP contribution is -2.28. The molecular weight excluding hydrogens is 162 g/mol. The summed E-state index contributed by atoms with van der Waals surface area (Å²) in [5.74, 6) is 0. The van der Waals surface area contributed by atoms with Crippen LogP contribution < -0.4 is 0 Å². The Kier molecular flexibility index (Phi) is 2.27. The van der Waals surface area contributed by atoms with E-state index in [1.165, 1.54) is 11.3 Å². The highest BCUT2D eigenvalue weighted by molar-refractivity contribution is 7.07. The van der Waals surface area contributed by atoms with Crippen LogP contribution >= 0.6 is 11.3 Å². The summed E-state index contributed by atoms with van der Waals surface area (Å²) in [6.45, 7) is 3.11. The zero-order chi connectivity index (χ0) is 8.48. The molecule has 0 spiro atoms. The van der Waals surface area contributed by atoms with E-state index in [1.54, 1.807) is 24.7 Å². The molecule has 1 atom stereocenters. The van der Waals surface area contributed by atoms with E-state index in [1.807, 2.05) is 0 Å². The van der Waals surface area contributed by atoms with Gasteiger partial charge in [0.1, 0.15) is 6.10 Å². The first-order valence-electron chi connectivity index (χ1n) is 3.30. The lowest BCUT2D eigenvalue weighted by atomic mass is 10.0. The molecule has 0 aromatic carbocycles. The standard InChI is InChI=1S/C7H11NO2S/c1-7(2,10)6(9)5-3-11-4-8-5/h3-4,6,9-10H,1-2H3. The third-order valence-electron chi connectivity index (χ3n) is 1.40. The number of aliphatic hydroxyl groups is 2. The topological polar surface area (TPSA) is 53.4 Å². The predicted molar refractivity (Wildman–Crippen MR) is 43.4 cm³/mol. The molecule has 1 unspecified atom stereocenters. The van der Waals surface area contributed by atoms with Crippen LogP contribution in [0.1, 0.15) is 25.6 Å². The summed E-state index contributed by atoms with van der Waals surface area (Å²) in [5.41, 5.74) is 1.04. The summed E-state index contributed by atoms with van der Waals surface area (Å²) in [5, 5.41) is 20.5. The van der Waals surface area contributed by atoms with Gasteiger partial charge in [0.15, 0.2) is 0 Å². The molecule has 4 heteroatoms. The van der Waals surface area contributed by atoms with Crippen molar-refractivity contribution < 1.29 is 10.2 Å². The van der Waals surface area contributed by atoms with Crippen LogP contribution in [0.4, 0.5) is 0 Å². The first kappa shape index (κ1) is 8.64. The zero-order valence-electron chi connectivity index (χ0n) is 6.48. The molecule has 11 heavy (non-hydrogen) atoms. The number of hydrogen-bond donors (Lipinski definition) is 2. The number of rotatable bonds is 2. The number of aliphatic hydroxyl groups excluding tert-OH is 1. The van der Waals surface area contributed by atoms with Crippen molar-refractivity contribution in [2.75, 3.05) is 0 Å². The molecule has 2 N–H and O–H groups in total. The molecule has 62 valence electrons. The molecule has 1 aromatic rings. The van der Waals surface area contributed by atoms with Crippen molar-refractivity contribution in [1.29, 1.82) is 0 Å². The van der Waals surface area contributed by atoms with Crippen LogP contribution in [0, 0.1) is 0 Å². The van der Waals surface area contributed by atoms with Crippen LogP contribution in [0.25, 0.3) is 0 Å². The number of thiazole rings is 1. The minimum absolute atomic E-state index is 0.530. The van der Waals surface area contributed by atoms with Gasteiger partial charge < -0.3 is 10.2 Å². The van der Waals surface area contributed by atoms with E-state index >= 15 is 0 Å². The molecule has 3 nitrogen and oxygen atoms in total. The van der Waals surface area contributed by atoms with Crippen LogP contribution in [-0.4, -0.2) is 20.8 Å². The Bertz CT molecular complexity index is 215. The fourth-order valence-corrected chi connectivity index (χ4v) is 1.29. The summed E-state index contributed by atoms with van der Waals surface area (Å²) in [4.78, 5) is 3.89. The Morgan fingerprint density at radius 2 is 2.27 bits per heavy atom. The Labute approximate surface area is 69.3 Å². The van der Waals surface area contributed by atoms with Crippen LogP contribution in [0.5, 0.6) is 0 Å². The van der Waals surface area contributed by atoms with E-state index in [0.717, 1.165) is 0 Å². The molecule has 0 saturated carbocycles. The second-order valence-corrected chi connectivity index (χ2v) is 3.69. The van der Waals surface area contributed by atoms with E-state index in [-0.39, 0.29) is 0 Å². The van der Waals surface area contributed by atoms with Gasteiger partial charge in [0.2, 0.25) is 0 Å². The minimum Gasteiger partial charge on any atom is -0.387 e. The molecule has 1 aromatic heterocycles. The van der Waals surface area contributed by atoms with Crippen LogP contribution in [0.15, 0.2) is 10.9 Å². The molecule has 1 rings (SSSR count). The lowest BCUT2D eigenvalue weighted by molar-refractivity contribution is -0.0514. The first-order valence-corrected chi connectivity index (χ1v) is 4.24. The average Bonchev–Trinajstić information content (AvgIpc) is 2.34. The average molecular weight is 173 g/mol. The van der Waals surface area contributed by atoms with E-state index in [4.69, 9.17) is 0 Å². The van der Waals surface area contributed by atoms with Crippen LogP contribution in [-0.2, 0) is 0 Å². The van der Waals surface area contributed by atoms with Gasteiger partial charge in [-0.2, -0.15) is 0 Å². The molecule has 0 aliphatic rings. The van der Waals surface area contributed by atoms with E-state index < -0.39 is 11.7 Å². The summed E-state index contributed by atoms with van der Waals surface area (Å²) in [6.07, 6.45) is -0.895. The van der Waals surface area contributed by atoms with E-state index in [0.29, 0.717) is 5.69 Å². The second kappa shape index (κ2) is 2.89. The maximum Gasteiger partial charge on any atom is 0.125 e. The Hall–Kier alpha value is -0.450. The van der Waals surface area contributed by atoms with Crippen molar-refractivity contribution in [3.8, 4) is 0 Å². The van der Waals surface area contributed by atoms with Crippen molar-refractivity contribution in [2.24, 2.45) is 0 Å². The van der Waals surface area contributed by atoms with Gasteiger partial charge in [-0.1, -0.05) is 0 Å². The molecule has 0 bridgehead atoms. The van der Waals surface area contributed by atoms with Gasteiger partial charge in [-0.3, -0.25) is 0 Å². The van der Waals surface area contributed by atoms with Crippen molar-refractivity contribution in [3.63, 3.8) is 0 Å². The SMILES string of the molecule is CC(C)(O)C(O)c1cscn1. The summed E-state index contributed by atoms with van der Waals surface area (Å²) in [6, 6.07) is 0. The lowest BCUT2D eigenvalue weighted by Gasteiger charge is -2.22. The van der Waals surface area contributed by atoms with E-state index in [9.17, 15) is 10.2 Å². The highest BCUT2D eigenvalue weighted by atomic mass is 32.1. The highest BCUT2D eigenvalue weighted by Gasteiger charge is 2.27. The zero-order valence-corrected chi connectivity index (χ0v) is 7.30. The summed E-state index contributed by atoms with van der Waals surface area (Å²) < 4.78 is 0. The minimum atomic E-state index is -1.12. The van der Waals surface area contributed by atoms with Gasteiger partial charge in [-0.25, -0.2) is 4.98 Å². The van der Waals surface area contributed by atoms with Gasteiger partial charge in [0, 0.05) is 5.38 Å². The quantitative estimate of drug-likeness (QED) is 0.700. The summed E-state index contributed by atoms with van der Waals surface area (Å²) >= 11 is 1.40. The second-order valence-electron chi connectivity index (χ2n) is 2.97. The van der Waals surface area contributed by atoms with Gasteiger partial charge in [-0.15, -0.1) is 11.3 Å². The molecule has 0 amide bonds. The molecule has 0 saturated heterocycles. The van der Waals surface area contributed by atoms with Gasteiger partial charge in [-0.05, 0) is 13.8 Å². The summed E-state index contributed by atoms with van der Waals surface area (Å²) in [7, 11) is 0. The van der Waals surface area contributed by atoms with Crippen LogP contribution in [0.2, 0.25) is 0 Å². The first-order chi connectivity index (χ1) is 5.02. The Morgan fingerprint density at radius 3 is 2.64 bits per heavy atom. The van der Waals surface area contributed by atoms with Gasteiger partial charge in [0.05, 0.1) is 16.8 Å². The van der Waals surface area contributed by atoms with Crippen molar-refractivity contribution in [2.45, 2.75) is 25.6 Å². The Balaban J connectivity index is 2.78. The van der Waals surface area contributed by atoms with E-state index in [2.05, 4.69) is 4.98 Å². The van der Waals surface area contributed by atoms with Gasteiger partial charge in [0.25, 0.3) is 0 Å². The monoisotopic (exact) mass is 173 g/mol. The predicted octanol–water partition coefficient (Wildman–Crippen LogP) is 0.947. The van der Waals surface area contributed by atoms with Crippen molar-refractivity contribution in [3.05, 3.63) is 16.6 Å². The third kappa shape index (κ3) is 1.99. The molecule has 0 fully saturated rings. The fourth-order valence-electron chi connectivity index (χ4n) is 0.719. The maximum atomic E-state index is 9.44. The number of hydrogen-bond acceptors (Lipinski definition) is 4. The third-order valence-corrected chi connectivity index (χ3v) is 2.01. The smallest absolute Gasteiger partial charge is 0.125 e. The largest absolute Gasteiger partial charge is 0.387 e. The van der Waals surface area contributed by atoms with Crippen LogP contribution in [0.3, 0.4) is 0 Å². The number of nitrogens with zero attached hydrogens (tertiary/aromatic N) is 1. The number of aromatic nitrogens is 1. The van der Waals surface area contributed by atoms with Crippen molar-refractivity contribution in [1.82, 2.24) is 4.98 Å². The molecular formula is C7H11NO2S. The normalized spacial score (nSPS) is 14.9. The molecule has 0 aliphatic heterocycles. The Morgan fingerprint density at radius 1 is 1.64 bits per heavy atom. The molecule has 1 heterocycles.